The van der Waals surface area contributed by atoms with Gasteiger partial charge in [-0.25, -0.2) is 0 Å². The van der Waals surface area contributed by atoms with Crippen LogP contribution in [0, 0.1) is 0 Å². The Hall–Kier alpha value is -1.35. The van der Waals surface area contributed by atoms with Crippen molar-refractivity contribution >= 4 is 23.3 Å². The molecule has 2 nitrogen and oxygen atoms in total. The summed E-state index contributed by atoms with van der Waals surface area (Å²) in [6, 6.07) is 7.74. The molecule has 0 radical (unpaired) electrons. The van der Waals surface area contributed by atoms with Gasteiger partial charge < -0.3 is 9.47 Å². The quantitative estimate of drug-likeness (QED) is 0.576. The van der Waals surface area contributed by atoms with Crippen LogP contribution in [0.15, 0.2) is 30.3 Å². The molecule has 0 unspecified atom stereocenters. The monoisotopic (exact) mass is 222 g/mol. The minimum Gasteiger partial charge on any atom is -0.497 e. The van der Waals surface area contributed by atoms with Gasteiger partial charge in [0.05, 0.1) is 13.7 Å². The minimum absolute atomic E-state index is 0.508. The lowest BCUT2D eigenvalue weighted by molar-refractivity contribution is 0.339. The first kappa shape index (κ1) is 11.7. The van der Waals surface area contributed by atoms with E-state index in [1.165, 1.54) is 0 Å². The molecular weight excluding hydrogens is 208 g/mol. The van der Waals surface area contributed by atoms with E-state index in [1.54, 1.807) is 13.2 Å². The molecule has 1 rings (SSSR count). The van der Waals surface area contributed by atoms with Gasteiger partial charge in [-0.05, 0) is 42.9 Å². The molecule has 0 N–H and O–H groups in total. The Kier molecular flexibility index (Phi) is 4.84. The summed E-state index contributed by atoms with van der Waals surface area (Å²) in [7, 11) is 1.65. The van der Waals surface area contributed by atoms with Gasteiger partial charge in [0.1, 0.15) is 5.75 Å². The van der Waals surface area contributed by atoms with E-state index < -0.39 is 0 Å². The van der Waals surface area contributed by atoms with Gasteiger partial charge in [0.25, 0.3) is 0 Å². The van der Waals surface area contributed by atoms with Crippen LogP contribution in [0.25, 0.3) is 6.08 Å². The van der Waals surface area contributed by atoms with Crippen molar-refractivity contribution in [2.75, 3.05) is 13.7 Å². The number of hydrogen-bond acceptors (Lipinski definition) is 3. The predicted octanol–water partition coefficient (Wildman–Crippen LogP) is 3.07. The molecular formula is C12H14O2S. The van der Waals surface area contributed by atoms with Gasteiger partial charge in [0, 0.05) is 0 Å². The highest BCUT2D eigenvalue weighted by molar-refractivity contribution is 7.80. The zero-order valence-electron chi connectivity index (χ0n) is 8.90. The fraction of sp³-hybridized carbons (Fsp3) is 0.250. The molecule has 1 aromatic rings. The summed E-state index contributed by atoms with van der Waals surface area (Å²) < 4.78 is 10.2. The van der Waals surface area contributed by atoms with E-state index in [1.807, 2.05) is 37.3 Å². The molecule has 3 heteroatoms. The van der Waals surface area contributed by atoms with Crippen molar-refractivity contribution < 1.29 is 9.47 Å². The zero-order valence-corrected chi connectivity index (χ0v) is 9.71. The van der Waals surface area contributed by atoms with E-state index in [-0.39, 0.29) is 0 Å². The van der Waals surface area contributed by atoms with Gasteiger partial charge in [-0.1, -0.05) is 18.2 Å². The lowest BCUT2D eigenvalue weighted by atomic mass is 10.2. The molecule has 0 amide bonds. The first-order valence-electron chi connectivity index (χ1n) is 4.75. The average Bonchev–Trinajstić information content (AvgIpc) is 2.27. The molecule has 0 atom stereocenters. The molecule has 0 heterocycles. The van der Waals surface area contributed by atoms with Crippen LogP contribution in [0.1, 0.15) is 12.5 Å². The van der Waals surface area contributed by atoms with E-state index in [4.69, 9.17) is 21.7 Å². The Morgan fingerprint density at radius 2 is 2.00 bits per heavy atom. The first-order valence-corrected chi connectivity index (χ1v) is 5.16. The maximum Gasteiger partial charge on any atom is 0.183 e. The molecule has 0 spiro atoms. The summed E-state index contributed by atoms with van der Waals surface area (Å²) in [5.74, 6) is 0.847. The highest BCUT2D eigenvalue weighted by Crippen LogP contribution is 2.12. The van der Waals surface area contributed by atoms with Gasteiger partial charge in [0.15, 0.2) is 5.05 Å². The van der Waals surface area contributed by atoms with E-state index >= 15 is 0 Å². The van der Waals surface area contributed by atoms with E-state index in [0.717, 1.165) is 11.3 Å². The summed E-state index contributed by atoms with van der Waals surface area (Å²) in [5, 5.41) is 0.508. The van der Waals surface area contributed by atoms with Crippen LogP contribution in [0.5, 0.6) is 5.75 Å². The summed E-state index contributed by atoms with van der Waals surface area (Å²) in [6.07, 6.45) is 3.69. The van der Waals surface area contributed by atoms with Crippen molar-refractivity contribution in [2.45, 2.75) is 6.92 Å². The van der Waals surface area contributed by atoms with Crippen LogP contribution in [-0.2, 0) is 4.74 Å². The first-order chi connectivity index (χ1) is 7.26. The van der Waals surface area contributed by atoms with E-state index in [2.05, 4.69) is 0 Å². The second kappa shape index (κ2) is 6.19. The third kappa shape index (κ3) is 4.13. The van der Waals surface area contributed by atoms with Crippen molar-refractivity contribution in [2.24, 2.45) is 0 Å². The molecule has 0 bridgehead atoms. The van der Waals surface area contributed by atoms with E-state index in [9.17, 15) is 0 Å². The van der Waals surface area contributed by atoms with Gasteiger partial charge in [-0.2, -0.15) is 0 Å². The zero-order chi connectivity index (χ0) is 11.1. The molecule has 0 saturated heterocycles. The lowest BCUT2D eigenvalue weighted by Crippen LogP contribution is -1.95. The topological polar surface area (TPSA) is 18.5 Å². The molecule has 0 fully saturated rings. The Morgan fingerprint density at radius 1 is 1.33 bits per heavy atom. The average molecular weight is 222 g/mol. The Bertz CT molecular complexity index is 341. The van der Waals surface area contributed by atoms with Crippen LogP contribution in [0.2, 0.25) is 0 Å². The molecule has 0 aromatic heterocycles. The van der Waals surface area contributed by atoms with Crippen LogP contribution in [-0.4, -0.2) is 18.8 Å². The van der Waals surface area contributed by atoms with Gasteiger partial charge in [0.2, 0.25) is 0 Å². The number of ether oxygens (including phenoxy) is 2. The second-order valence-corrected chi connectivity index (χ2v) is 3.26. The highest BCUT2D eigenvalue weighted by Gasteiger charge is 1.91. The molecule has 15 heavy (non-hydrogen) atoms. The normalized spacial score (nSPS) is 10.3. The molecule has 80 valence electrons. The summed E-state index contributed by atoms with van der Waals surface area (Å²) in [5.41, 5.74) is 1.07. The number of hydrogen-bond donors (Lipinski definition) is 0. The van der Waals surface area contributed by atoms with Crippen molar-refractivity contribution in [1.29, 1.82) is 0 Å². The van der Waals surface area contributed by atoms with Crippen LogP contribution >= 0.6 is 12.2 Å². The lowest BCUT2D eigenvalue weighted by Gasteiger charge is -2.00. The maximum absolute atomic E-state index is 5.13. The largest absolute Gasteiger partial charge is 0.497 e. The summed E-state index contributed by atoms with van der Waals surface area (Å²) in [4.78, 5) is 0. The molecule has 1 aromatic carbocycles. The number of benzene rings is 1. The number of thiocarbonyl (C=S) groups is 1. The Balaban J connectivity index is 2.60. The van der Waals surface area contributed by atoms with Gasteiger partial charge >= 0.3 is 0 Å². The maximum atomic E-state index is 5.13. The standard InChI is InChI=1S/C12H14O2S/c1-3-14-12(15)9-6-10-4-7-11(13-2)8-5-10/h4-9H,3H2,1-2H3/b9-6+. The SMILES string of the molecule is CCOC(=S)/C=C/c1ccc(OC)cc1. The Morgan fingerprint density at radius 3 is 2.53 bits per heavy atom. The smallest absolute Gasteiger partial charge is 0.183 e. The third-order valence-electron chi connectivity index (χ3n) is 1.81. The second-order valence-electron chi connectivity index (χ2n) is 2.86. The molecule has 0 saturated carbocycles. The van der Waals surface area contributed by atoms with Crippen molar-refractivity contribution in [3.63, 3.8) is 0 Å². The number of methoxy groups -OCH3 is 1. The van der Waals surface area contributed by atoms with Crippen LogP contribution in [0.3, 0.4) is 0 Å². The highest BCUT2D eigenvalue weighted by atomic mass is 32.1. The number of rotatable bonds is 4. The van der Waals surface area contributed by atoms with Gasteiger partial charge in [-0.3, -0.25) is 0 Å². The van der Waals surface area contributed by atoms with Crippen LogP contribution in [0.4, 0.5) is 0 Å². The van der Waals surface area contributed by atoms with Crippen molar-refractivity contribution in [1.82, 2.24) is 0 Å². The molecule has 0 aliphatic heterocycles. The van der Waals surface area contributed by atoms with Crippen molar-refractivity contribution in [3.8, 4) is 5.75 Å². The van der Waals surface area contributed by atoms with Crippen molar-refractivity contribution in [3.05, 3.63) is 35.9 Å². The molecule has 0 aliphatic rings. The predicted molar refractivity (Wildman–Crippen MR) is 66.3 cm³/mol. The Labute approximate surface area is 95.5 Å². The summed E-state index contributed by atoms with van der Waals surface area (Å²) >= 11 is 4.97. The van der Waals surface area contributed by atoms with E-state index in [0.29, 0.717) is 11.7 Å². The molecule has 0 aliphatic carbocycles. The summed E-state index contributed by atoms with van der Waals surface area (Å²) in [6.45, 7) is 2.51. The van der Waals surface area contributed by atoms with Gasteiger partial charge in [-0.15, -0.1) is 0 Å². The van der Waals surface area contributed by atoms with Crippen LogP contribution < -0.4 is 4.74 Å². The third-order valence-corrected chi connectivity index (χ3v) is 2.07. The fourth-order valence-corrected chi connectivity index (χ4v) is 1.26. The minimum atomic E-state index is 0.508. The fourth-order valence-electron chi connectivity index (χ4n) is 1.07.